The molecule has 0 bridgehead atoms. The van der Waals surface area contributed by atoms with Gasteiger partial charge in [0, 0.05) is 0 Å². The Balaban J connectivity index is 0.00000144. The van der Waals surface area contributed by atoms with Crippen LogP contribution >= 0.6 is 0 Å². The van der Waals surface area contributed by atoms with Crippen molar-refractivity contribution in [2.24, 2.45) is 5.73 Å². The quantitative estimate of drug-likeness (QED) is 0.520. The van der Waals surface area contributed by atoms with Crippen molar-refractivity contribution in [3.8, 4) is 0 Å². The van der Waals surface area contributed by atoms with Gasteiger partial charge in [0.1, 0.15) is 0 Å². The Kier molecular flexibility index (Phi) is 5.97. The molecule has 0 saturated carbocycles. The van der Waals surface area contributed by atoms with E-state index in [1.807, 2.05) is 5.32 Å². The standard InChI is InChI=1S/C4H4N4O3Se.K/c5-4(11)6-2-1(3(9)10)7-12-8-2;/h(H,9,10)(H3,5,6,8,11);/q;+1/p-1. The van der Waals surface area contributed by atoms with Gasteiger partial charge < -0.3 is 0 Å². The van der Waals surface area contributed by atoms with E-state index >= 15 is 0 Å². The minimum atomic E-state index is -1.47. The zero-order chi connectivity index (χ0) is 9.14. The fraction of sp³-hybridized carbons (Fsp3) is 0. The average molecular weight is 273 g/mol. The van der Waals surface area contributed by atoms with Gasteiger partial charge in [0.2, 0.25) is 0 Å². The molecule has 64 valence electrons. The van der Waals surface area contributed by atoms with Crippen LogP contribution in [0.5, 0.6) is 0 Å². The SMILES string of the molecule is NC(=O)Nc1n[se]nc1C(=O)[O-].[K+]. The number of amides is 2. The number of primary amides is 1. The van der Waals surface area contributed by atoms with Gasteiger partial charge in [-0.05, 0) is 0 Å². The molecule has 0 unspecified atom stereocenters. The summed E-state index contributed by atoms with van der Waals surface area (Å²) >= 11 is -0.535. The Hall–Kier alpha value is 0.236. The predicted octanol–water partition coefficient (Wildman–Crippen LogP) is -5.61. The molecule has 3 N–H and O–H groups in total. The molecule has 1 rings (SSSR count). The van der Waals surface area contributed by atoms with Crippen LogP contribution in [0, 0.1) is 0 Å². The summed E-state index contributed by atoms with van der Waals surface area (Å²) < 4.78 is 7.13. The van der Waals surface area contributed by atoms with Crippen LogP contribution in [0.1, 0.15) is 10.5 Å². The van der Waals surface area contributed by atoms with E-state index in [2.05, 4.69) is 7.96 Å². The number of nitrogens with one attached hydrogen (secondary N) is 1. The molecule has 0 aliphatic heterocycles. The molecule has 7 nitrogen and oxygen atoms in total. The molecule has 0 fully saturated rings. The van der Waals surface area contributed by atoms with Crippen LogP contribution in [0.3, 0.4) is 0 Å². The van der Waals surface area contributed by atoms with Crippen molar-refractivity contribution in [3.63, 3.8) is 0 Å². The number of carbonyl (C=O) groups excluding carboxylic acids is 2. The number of hydrogen-bond donors (Lipinski definition) is 2. The Morgan fingerprint density at radius 3 is 2.54 bits per heavy atom. The van der Waals surface area contributed by atoms with E-state index in [1.165, 1.54) is 0 Å². The molecule has 13 heavy (non-hydrogen) atoms. The number of anilines is 1. The summed E-state index contributed by atoms with van der Waals surface area (Å²) in [6.45, 7) is 0. The molecular weight excluding hydrogens is 270 g/mol. The van der Waals surface area contributed by atoms with Crippen LogP contribution in [-0.2, 0) is 0 Å². The minimum absolute atomic E-state index is 0. The zero-order valence-corrected chi connectivity index (χ0v) is 11.4. The van der Waals surface area contributed by atoms with Gasteiger partial charge in [-0.15, -0.1) is 0 Å². The van der Waals surface area contributed by atoms with E-state index in [-0.39, 0.29) is 62.9 Å². The van der Waals surface area contributed by atoms with Crippen molar-refractivity contribution in [3.05, 3.63) is 5.69 Å². The molecular formula is C4H3KN4O3Se. The van der Waals surface area contributed by atoms with E-state index in [0.29, 0.717) is 0 Å². The molecule has 0 saturated heterocycles. The molecule has 0 aliphatic carbocycles. The first-order valence-electron chi connectivity index (χ1n) is 2.71. The largest absolute Gasteiger partial charge is 1.00 e. The topological polar surface area (TPSA) is 121 Å². The Labute approximate surface area is 122 Å². The van der Waals surface area contributed by atoms with Gasteiger partial charge in [0.05, 0.1) is 0 Å². The molecule has 1 aromatic heterocycles. The van der Waals surface area contributed by atoms with Crippen molar-refractivity contribution >= 4 is 32.8 Å². The summed E-state index contributed by atoms with van der Waals surface area (Å²) in [5.41, 5.74) is 4.39. The number of urea groups is 1. The Bertz CT molecular complexity index is 327. The fourth-order valence-electron chi connectivity index (χ4n) is 0.521. The fourth-order valence-corrected chi connectivity index (χ4v) is 1.56. The smallest absolute Gasteiger partial charge is 1.00 e. The van der Waals surface area contributed by atoms with Gasteiger partial charge in [0.25, 0.3) is 0 Å². The molecule has 0 aromatic carbocycles. The van der Waals surface area contributed by atoms with Crippen LogP contribution in [0.4, 0.5) is 10.6 Å². The summed E-state index contributed by atoms with van der Waals surface area (Å²) in [7, 11) is 0. The van der Waals surface area contributed by atoms with Crippen molar-refractivity contribution in [1.29, 1.82) is 0 Å². The van der Waals surface area contributed by atoms with E-state index < -0.39 is 27.0 Å². The first-order chi connectivity index (χ1) is 5.61. The molecule has 2 amide bonds. The third-order valence-corrected chi connectivity index (χ3v) is 2.03. The normalized spacial score (nSPS) is 8.62. The van der Waals surface area contributed by atoms with Crippen molar-refractivity contribution < 1.29 is 66.1 Å². The maximum atomic E-state index is 10.3. The second-order valence-electron chi connectivity index (χ2n) is 1.74. The number of rotatable bonds is 2. The predicted molar refractivity (Wildman–Crippen MR) is 36.5 cm³/mol. The van der Waals surface area contributed by atoms with Gasteiger partial charge in [-0.25, -0.2) is 0 Å². The van der Waals surface area contributed by atoms with Gasteiger partial charge in [-0.1, -0.05) is 0 Å². The second-order valence-corrected chi connectivity index (χ2v) is 2.85. The Morgan fingerprint density at radius 2 is 2.08 bits per heavy atom. The molecule has 0 atom stereocenters. The summed E-state index contributed by atoms with van der Waals surface area (Å²) in [6, 6.07) is -0.875. The monoisotopic (exact) mass is 274 g/mol. The number of carboxylic acids is 1. The van der Waals surface area contributed by atoms with Gasteiger partial charge in [-0.2, -0.15) is 0 Å². The molecule has 0 spiro atoms. The third kappa shape index (κ3) is 3.86. The Morgan fingerprint density at radius 1 is 1.46 bits per heavy atom. The van der Waals surface area contributed by atoms with Gasteiger partial charge in [-0.3, -0.25) is 0 Å². The van der Waals surface area contributed by atoms with Crippen LogP contribution in [0.2, 0.25) is 0 Å². The van der Waals surface area contributed by atoms with Gasteiger partial charge in [0.15, 0.2) is 0 Å². The number of carbonyl (C=O) groups is 2. The van der Waals surface area contributed by atoms with Crippen molar-refractivity contribution in [2.75, 3.05) is 5.32 Å². The zero-order valence-electron chi connectivity index (χ0n) is 6.60. The second kappa shape index (κ2) is 5.86. The average Bonchev–Trinajstić information content (AvgIpc) is 2.33. The summed E-state index contributed by atoms with van der Waals surface area (Å²) in [5, 5.41) is 12.3. The first-order valence-corrected chi connectivity index (χ1v) is 4.25. The summed E-state index contributed by atoms with van der Waals surface area (Å²) in [5.74, 6) is -1.59. The van der Waals surface area contributed by atoms with E-state index in [0.717, 1.165) is 0 Å². The van der Waals surface area contributed by atoms with Crippen LogP contribution in [0.15, 0.2) is 0 Å². The summed E-state index contributed by atoms with van der Waals surface area (Å²) in [4.78, 5) is 20.6. The molecule has 1 heterocycles. The molecule has 0 aliphatic rings. The maximum Gasteiger partial charge on any atom is 1.00 e. The molecule has 0 radical (unpaired) electrons. The third-order valence-electron chi connectivity index (χ3n) is 0.923. The summed E-state index contributed by atoms with van der Waals surface area (Å²) in [6.07, 6.45) is 0. The number of aromatic nitrogens is 2. The van der Waals surface area contributed by atoms with E-state index in [4.69, 9.17) is 5.73 Å². The van der Waals surface area contributed by atoms with E-state index in [9.17, 15) is 14.7 Å². The minimum Gasteiger partial charge on any atom is 1.00 e. The number of nitrogens with zero attached hydrogens (tertiary/aromatic N) is 2. The number of nitrogens with two attached hydrogens (primary N) is 1. The first kappa shape index (κ1) is 13.2. The number of aromatic carboxylic acids is 1. The number of carboxylic acid groups (broad SMARTS) is 1. The number of hydrogen-bond acceptors (Lipinski definition) is 5. The van der Waals surface area contributed by atoms with Crippen LogP contribution in [0.25, 0.3) is 0 Å². The molecule has 1 aromatic rings. The van der Waals surface area contributed by atoms with Crippen molar-refractivity contribution in [2.45, 2.75) is 0 Å². The molecule has 9 heteroatoms. The van der Waals surface area contributed by atoms with Crippen LogP contribution < -0.4 is 67.5 Å². The van der Waals surface area contributed by atoms with Crippen molar-refractivity contribution in [1.82, 2.24) is 7.96 Å². The maximum absolute atomic E-state index is 10.3. The van der Waals surface area contributed by atoms with Crippen LogP contribution in [-0.4, -0.2) is 34.9 Å². The van der Waals surface area contributed by atoms with E-state index in [1.54, 1.807) is 0 Å². The van der Waals surface area contributed by atoms with Gasteiger partial charge >= 0.3 is 124 Å².